The predicted octanol–water partition coefficient (Wildman–Crippen LogP) is 7.68. The van der Waals surface area contributed by atoms with Crippen LogP contribution in [0.2, 0.25) is 10.0 Å². The lowest BCUT2D eigenvalue weighted by atomic mass is 10.1. The number of hydrogen-bond acceptors (Lipinski definition) is 3. The van der Waals surface area contributed by atoms with Gasteiger partial charge in [0.2, 0.25) is 0 Å². The normalized spacial score (nSPS) is 15.1. The van der Waals surface area contributed by atoms with Crippen molar-refractivity contribution in [3.05, 3.63) is 97.9 Å². The number of halogens is 6. The first-order valence-electron chi connectivity index (χ1n) is 9.77. The highest BCUT2D eigenvalue weighted by Gasteiger charge is 2.46. The number of amides is 1. The first-order chi connectivity index (χ1) is 16.1. The Morgan fingerprint density at radius 3 is 2.41 bits per heavy atom. The van der Waals surface area contributed by atoms with Gasteiger partial charge in [-0.25, -0.2) is 0 Å². The average Bonchev–Trinajstić information content (AvgIpc) is 3.11. The van der Waals surface area contributed by atoms with Gasteiger partial charge in [0.25, 0.3) is 5.91 Å². The zero-order chi connectivity index (χ0) is 24.5. The molecule has 1 aliphatic rings. The van der Waals surface area contributed by atoms with Crippen molar-refractivity contribution < 1.29 is 22.7 Å². The molecular formula is C24H14BrCl2F3N2O2. The van der Waals surface area contributed by atoms with Crippen molar-refractivity contribution in [1.82, 2.24) is 0 Å². The minimum atomic E-state index is -4.80. The van der Waals surface area contributed by atoms with Crippen LogP contribution in [0.1, 0.15) is 11.1 Å². The van der Waals surface area contributed by atoms with Crippen molar-refractivity contribution in [2.24, 2.45) is 5.10 Å². The van der Waals surface area contributed by atoms with Gasteiger partial charge in [0.1, 0.15) is 12.4 Å². The van der Waals surface area contributed by atoms with E-state index in [1.807, 2.05) is 0 Å². The van der Waals surface area contributed by atoms with Gasteiger partial charge in [0, 0.05) is 15.6 Å². The molecule has 0 aromatic heterocycles. The fraction of sp³-hybridized carbons (Fsp3) is 0.0833. The molecule has 174 valence electrons. The molecule has 0 N–H and O–H groups in total. The number of para-hydroxylation sites is 1. The SMILES string of the molecule is O=C1/C(=C\c2ccc(OCc3ccc(Cl)cc3Cl)c(Br)c2)C(C(F)(F)F)=NN1c1ccccc1. The molecule has 4 rings (SSSR count). The molecule has 0 aliphatic carbocycles. The second kappa shape index (κ2) is 9.82. The number of hydrazone groups is 1. The van der Waals surface area contributed by atoms with Crippen molar-refractivity contribution in [3.63, 3.8) is 0 Å². The summed E-state index contributed by atoms with van der Waals surface area (Å²) >= 11 is 15.4. The predicted molar refractivity (Wildman–Crippen MR) is 130 cm³/mol. The van der Waals surface area contributed by atoms with E-state index >= 15 is 0 Å². The lowest BCUT2D eigenvalue weighted by molar-refractivity contribution is -0.114. The Morgan fingerprint density at radius 2 is 1.76 bits per heavy atom. The van der Waals surface area contributed by atoms with E-state index < -0.39 is 23.4 Å². The number of hydrogen-bond donors (Lipinski definition) is 0. The second-order valence-electron chi connectivity index (χ2n) is 7.17. The van der Waals surface area contributed by atoms with Gasteiger partial charge < -0.3 is 4.74 Å². The molecule has 0 fully saturated rings. The van der Waals surface area contributed by atoms with E-state index in [-0.39, 0.29) is 12.3 Å². The molecule has 3 aromatic rings. The van der Waals surface area contributed by atoms with Gasteiger partial charge in [0.15, 0.2) is 5.71 Å². The van der Waals surface area contributed by atoms with E-state index in [1.54, 1.807) is 54.6 Å². The molecule has 0 saturated carbocycles. The molecule has 0 radical (unpaired) electrons. The Kier molecular flexibility index (Phi) is 7.02. The highest BCUT2D eigenvalue weighted by molar-refractivity contribution is 9.10. The van der Waals surface area contributed by atoms with E-state index in [9.17, 15) is 18.0 Å². The summed E-state index contributed by atoms with van der Waals surface area (Å²) in [5.41, 5.74) is -0.491. The van der Waals surface area contributed by atoms with Gasteiger partial charge in [-0.05, 0) is 64.0 Å². The van der Waals surface area contributed by atoms with Crippen LogP contribution in [0.5, 0.6) is 5.75 Å². The standard InChI is InChI=1S/C24H14BrCl2F3N2O2/c25-19-11-14(6-9-21(19)34-13-15-7-8-16(26)12-20(15)27)10-18-22(24(28,29)30)31-32(23(18)33)17-4-2-1-3-5-17/h1-12H,13H2/b18-10-. The van der Waals surface area contributed by atoms with Crippen LogP contribution in [0.25, 0.3) is 6.08 Å². The molecule has 1 heterocycles. The van der Waals surface area contributed by atoms with Crippen LogP contribution in [-0.2, 0) is 11.4 Å². The summed E-state index contributed by atoms with van der Waals surface area (Å²) in [7, 11) is 0. The number of anilines is 1. The fourth-order valence-corrected chi connectivity index (χ4v) is 4.16. The largest absolute Gasteiger partial charge is 0.488 e. The number of alkyl halides is 3. The highest BCUT2D eigenvalue weighted by Crippen LogP contribution is 2.34. The van der Waals surface area contributed by atoms with E-state index in [2.05, 4.69) is 21.0 Å². The second-order valence-corrected chi connectivity index (χ2v) is 8.87. The molecule has 3 aromatic carbocycles. The summed E-state index contributed by atoms with van der Waals surface area (Å²) in [5, 5.41) is 5.25. The highest BCUT2D eigenvalue weighted by atomic mass is 79.9. The minimum Gasteiger partial charge on any atom is -0.488 e. The molecule has 0 unspecified atom stereocenters. The van der Waals surface area contributed by atoms with Crippen molar-refractivity contribution in [3.8, 4) is 5.75 Å². The first kappa shape index (κ1) is 24.3. The van der Waals surface area contributed by atoms with Crippen molar-refractivity contribution in [2.75, 3.05) is 5.01 Å². The summed E-state index contributed by atoms with van der Waals surface area (Å²) in [6, 6.07) is 17.6. The number of benzene rings is 3. The number of carbonyl (C=O) groups excluding carboxylic acids is 1. The van der Waals surface area contributed by atoms with Crippen LogP contribution in [0, 0.1) is 0 Å². The molecule has 10 heteroatoms. The molecule has 0 saturated heterocycles. The molecule has 0 atom stereocenters. The topological polar surface area (TPSA) is 41.9 Å². The number of carbonyl (C=O) groups is 1. The lowest BCUT2D eigenvalue weighted by Crippen LogP contribution is -2.25. The Morgan fingerprint density at radius 1 is 1.03 bits per heavy atom. The van der Waals surface area contributed by atoms with Crippen LogP contribution in [0.4, 0.5) is 18.9 Å². The maximum Gasteiger partial charge on any atom is 0.435 e. The maximum atomic E-state index is 13.6. The van der Waals surface area contributed by atoms with Crippen molar-refractivity contribution in [2.45, 2.75) is 12.8 Å². The van der Waals surface area contributed by atoms with Gasteiger partial charge in [-0.2, -0.15) is 23.3 Å². The quantitative estimate of drug-likeness (QED) is 0.296. The molecular weight excluding hydrogens is 556 g/mol. The number of nitrogens with zero attached hydrogens (tertiary/aromatic N) is 2. The molecule has 0 bridgehead atoms. The van der Waals surface area contributed by atoms with E-state index in [0.717, 1.165) is 11.1 Å². The van der Waals surface area contributed by atoms with E-state index in [4.69, 9.17) is 27.9 Å². The lowest BCUT2D eigenvalue weighted by Gasteiger charge is -2.11. The van der Waals surface area contributed by atoms with Crippen molar-refractivity contribution in [1.29, 1.82) is 0 Å². The number of rotatable bonds is 5. The molecule has 1 aliphatic heterocycles. The molecule has 34 heavy (non-hydrogen) atoms. The molecule has 4 nitrogen and oxygen atoms in total. The Bertz CT molecular complexity index is 1310. The minimum absolute atomic E-state index is 0.157. The van der Waals surface area contributed by atoms with Crippen LogP contribution in [-0.4, -0.2) is 17.8 Å². The molecule has 0 spiro atoms. The van der Waals surface area contributed by atoms with E-state index in [0.29, 0.717) is 31.4 Å². The fourth-order valence-electron chi connectivity index (χ4n) is 3.18. The first-order valence-corrected chi connectivity index (χ1v) is 11.3. The smallest absolute Gasteiger partial charge is 0.435 e. The number of ether oxygens (including phenoxy) is 1. The summed E-state index contributed by atoms with van der Waals surface area (Å²) in [6.07, 6.45) is -3.65. The molecule has 1 amide bonds. The third-order valence-electron chi connectivity index (χ3n) is 4.81. The third kappa shape index (κ3) is 5.29. The summed E-state index contributed by atoms with van der Waals surface area (Å²) in [6.45, 7) is 0.157. The maximum absolute atomic E-state index is 13.6. The monoisotopic (exact) mass is 568 g/mol. The Balaban J connectivity index is 1.59. The summed E-state index contributed by atoms with van der Waals surface area (Å²) < 4.78 is 47.2. The van der Waals surface area contributed by atoms with Crippen LogP contribution < -0.4 is 9.75 Å². The van der Waals surface area contributed by atoms with Gasteiger partial charge in [-0.3, -0.25) is 4.79 Å². The van der Waals surface area contributed by atoms with Gasteiger partial charge in [-0.1, -0.05) is 53.5 Å². The van der Waals surface area contributed by atoms with Crippen molar-refractivity contribution >= 4 is 62.5 Å². The Hall–Kier alpha value is -2.81. The zero-order valence-corrected chi connectivity index (χ0v) is 20.2. The van der Waals surface area contributed by atoms with Crippen LogP contribution >= 0.6 is 39.1 Å². The Labute approximate surface area is 211 Å². The summed E-state index contributed by atoms with van der Waals surface area (Å²) in [5.74, 6) is -0.422. The van der Waals surface area contributed by atoms with Gasteiger partial charge in [0.05, 0.1) is 15.7 Å². The average molecular weight is 570 g/mol. The van der Waals surface area contributed by atoms with Gasteiger partial charge >= 0.3 is 6.18 Å². The van der Waals surface area contributed by atoms with Crippen LogP contribution in [0.15, 0.2) is 81.9 Å². The zero-order valence-electron chi connectivity index (χ0n) is 17.1. The van der Waals surface area contributed by atoms with E-state index in [1.165, 1.54) is 12.1 Å². The third-order valence-corrected chi connectivity index (χ3v) is 6.02. The van der Waals surface area contributed by atoms with Crippen LogP contribution in [0.3, 0.4) is 0 Å². The summed E-state index contributed by atoms with van der Waals surface area (Å²) in [4.78, 5) is 12.8. The van der Waals surface area contributed by atoms with Gasteiger partial charge in [-0.15, -0.1) is 0 Å².